The number of sulfonamides is 1. The van der Waals surface area contributed by atoms with Gasteiger partial charge in [-0.3, -0.25) is 13.9 Å². The molecule has 0 radical (unpaired) electrons. The lowest BCUT2D eigenvalue weighted by molar-refractivity contribution is -0.125. The molecule has 0 saturated carbocycles. The first-order chi connectivity index (χ1) is 16.6. The summed E-state index contributed by atoms with van der Waals surface area (Å²) in [5.41, 5.74) is 1.80. The van der Waals surface area contributed by atoms with Crippen molar-refractivity contribution >= 4 is 44.8 Å². The zero-order valence-corrected chi connectivity index (χ0v) is 20.6. The second-order valence-electron chi connectivity index (χ2n) is 8.30. The van der Waals surface area contributed by atoms with Crippen molar-refractivity contribution in [2.75, 3.05) is 9.62 Å². The van der Waals surface area contributed by atoms with Crippen molar-refractivity contribution in [3.05, 3.63) is 88.2 Å². The molecule has 1 heterocycles. The molecule has 0 aromatic heterocycles. The Balaban J connectivity index is 1.74. The van der Waals surface area contributed by atoms with Gasteiger partial charge in [-0.25, -0.2) is 12.8 Å². The van der Waals surface area contributed by atoms with Crippen molar-refractivity contribution < 1.29 is 22.4 Å². The smallest absolute Gasteiger partial charge is 0.265 e. The summed E-state index contributed by atoms with van der Waals surface area (Å²) < 4.78 is 42.9. The average Bonchev–Trinajstić information content (AvgIpc) is 2.81. The molecule has 182 valence electrons. The summed E-state index contributed by atoms with van der Waals surface area (Å²) in [4.78, 5) is 25.7. The topological polar surface area (TPSA) is 95.6 Å². The van der Waals surface area contributed by atoms with E-state index in [4.69, 9.17) is 11.6 Å². The SMILES string of the molecule is Cc1cc(S(=O)(=O)N2c3cc(F)ccc3NC(=O)C2CC(=O)NCc2ccccc2)c(C)cc1Cl. The molecular formula is C25H23ClFN3O4S. The van der Waals surface area contributed by atoms with E-state index in [9.17, 15) is 22.4 Å². The van der Waals surface area contributed by atoms with Gasteiger partial charge >= 0.3 is 0 Å². The first-order valence-electron chi connectivity index (χ1n) is 10.8. The highest BCUT2D eigenvalue weighted by Crippen LogP contribution is 2.39. The van der Waals surface area contributed by atoms with Crippen LogP contribution in [0.3, 0.4) is 0 Å². The van der Waals surface area contributed by atoms with Crippen LogP contribution in [0.2, 0.25) is 5.02 Å². The summed E-state index contributed by atoms with van der Waals surface area (Å²) in [6.45, 7) is 3.45. The maximum Gasteiger partial charge on any atom is 0.265 e. The van der Waals surface area contributed by atoms with Gasteiger partial charge < -0.3 is 10.6 Å². The third kappa shape index (κ3) is 5.01. The van der Waals surface area contributed by atoms with Crippen LogP contribution in [0.15, 0.2) is 65.6 Å². The van der Waals surface area contributed by atoms with Gasteiger partial charge in [0.25, 0.3) is 10.0 Å². The number of hydrogen-bond acceptors (Lipinski definition) is 4. The van der Waals surface area contributed by atoms with E-state index in [1.165, 1.54) is 18.2 Å². The van der Waals surface area contributed by atoms with Crippen LogP contribution in [-0.4, -0.2) is 26.3 Å². The highest BCUT2D eigenvalue weighted by Gasteiger charge is 2.42. The predicted molar refractivity (Wildman–Crippen MR) is 132 cm³/mol. The number of aryl methyl sites for hydroxylation is 2. The number of anilines is 2. The quantitative estimate of drug-likeness (QED) is 0.511. The lowest BCUT2D eigenvalue weighted by Gasteiger charge is -2.37. The molecule has 1 atom stereocenters. The minimum atomic E-state index is -4.39. The Morgan fingerprint density at radius 1 is 1.09 bits per heavy atom. The van der Waals surface area contributed by atoms with Crippen LogP contribution in [0.4, 0.5) is 15.8 Å². The Morgan fingerprint density at radius 2 is 1.80 bits per heavy atom. The summed E-state index contributed by atoms with van der Waals surface area (Å²) in [5, 5.41) is 5.69. The minimum absolute atomic E-state index is 0.0579. The molecule has 3 aromatic carbocycles. The molecule has 0 aliphatic carbocycles. The van der Waals surface area contributed by atoms with Crippen molar-refractivity contribution in [2.24, 2.45) is 0 Å². The van der Waals surface area contributed by atoms with Crippen molar-refractivity contribution in [3.8, 4) is 0 Å². The molecular weight excluding hydrogens is 493 g/mol. The fourth-order valence-electron chi connectivity index (χ4n) is 3.94. The summed E-state index contributed by atoms with van der Waals surface area (Å²) in [7, 11) is -4.39. The zero-order chi connectivity index (χ0) is 25.3. The van der Waals surface area contributed by atoms with Crippen molar-refractivity contribution in [1.82, 2.24) is 5.32 Å². The summed E-state index contributed by atoms with van der Waals surface area (Å²) in [6.07, 6.45) is -0.459. The number of nitrogens with one attached hydrogen (secondary N) is 2. The second-order valence-corrected chi connectivity index (χ2v) is 10.5. The Morgan fingerprint density at radius 3 is 2.51 bits per heavy atom. The van der Waals surface area contributed by atoms with Crippen molar-refractivity contribution in [3.63, 3.8) is 0 Å². The molecule has 4 rings (SSSR count). The summed E-state index contributed by atoms with van der Waals surface area (Å²) in [5.74, 6) is -1.90. The van der Waals surface area contributed by atoms with Gasteiger partial charge in [-0.2, -0.15) is 0 Å². The van der Waals surface area contributed by atoms with E-state index >= 15 is 0 Å². The molecule has 0 spiro atoms. The second kappa shape index (κ2) is 9.67. The Kier molecular flexibility index (Phi) is 6.82. The minimum Gasteiger partial charge on any atom is -0.352 e. The molecule has 0 fully saturated rings. The lowest BCUT2D eigenvalue weighted by Crippen LogP contribution is -2.52. The van der Waals surface area contributed by atoms with Gasteiger partial charge in [0.1, 0.15) is 11.9 Å². The number of fused-ring (bicyclic) bond motifs is 1. The van der Waals surface area contributed by atoms with Gasteiger partial charge in [-0.15, -0.1) is 0 Å². The average molecular weight is 516 g/mol. The van der Waals surface area contributed by atoms with E-state index in [1.807, 2.05) is 30.3 Å². The Hall–Kier alpha value is -3.43. The monoisotopic (exact) mass is 515 g/mol. The van der Waals surface area contributed by atoms with Crippen LogP contribution in [0, 0.1) is 19.7 Å². The maximum atomic E-state index is 14.2. The number of nitrogens with zero attached hydrogens (tertiary/aromatic N) is 1. The van der Waals surface area contributed by atoms with Gasteiger partial charge in [0.2, 0.25) is 11.8 Å². The molecule has 1 aliphatic rings. The molecule has 1 unspecified atom stereocenters. The number of hydrogen-bond donors (Lipinski definition) is 2. The van der Waals surface area contributed by atoms with Gasteiger partial charge in [0.05, 0.1) is 22.7 Å². The van der Waals surface area contributed by atoms with E-state index in [2.05, 4.69) is 10.6 Å². The highest BCUT2D eigenvalue weighted by atomic mass is 35.5. The molecule has 0 saturated heterocycles. The van der Waals surface area contributed by atoms with Crippen LogP contribution in [-0.2, 0) is 26.2 Å². The number of rotatable bonds is 6. The number of carbonyl (C=O) groups is 2. The maximum absolute atomic E-state index is 14.2. The third-order valence-electron chi connectivity index (χ3n) is 5.75. The Labute approximate surface area is 208 Å². The standard InChI is InChI=1S/C25H23ClFN3O4S/c1-15-11-23(16(2)10-19(15)26)35(33,34)30-21-12-18(27)8-9-20(21)29-25(32)22(30)13-24(31)28-14-17-6-4-3-5-7-17/h3-12,22H,13-14H2,1-2H3,(H,28,31)(H,29,32). The van der Waals surface area contributed by atoms with Crippen LogP contribution in [0.25, 0.3) is 0 Å². The van der Waals surface area contributed by atoms with Gasteiger partial charge in [-0.1, -0.05) is 41.9 Å². The molecule has 10 heteroatoms. The zero-order valence-electron chi connectivity index (χ0n) is 19.0. The normalized spacial score (nSPS) is 15.4. The first-order valence-corrected chi connectivity index (χ1v) is 12.6. The van der Waals surface area contributed by atoms with E-state index in [-0.39, 0.29) is 22.8 Å². The summed E-state index contributed by atoms with van der Waals surface area (Å²) >= 11 is 6.15. The molecule has 1 aliphatic heterocycles. The molecule has 3 aromatic rings. The van der Waals surface area contributed by atoms with Crippen LogP contribution < -0.4 is 14.9 Å². The van der Waals surface area contributed by atoms with E-state index in [1.54, 1.807) is 13.8 Å². The Bertz CT molecular complexity index is 1410. The number of halogens is 2. The fourth-order valence-corrected chi connectivity index (χ4v) is 6.08. The predicted octanol–water partition coefficient (Wildman–Crippen LogP) is 4.32. The number of benzene rings is 3. The third-order valence-corrected chi connectivity index (χ3v) is 8.12. The first kappa shape index (κ1) is 24.7. The molecule has 2 amide bonds. The lowest BCUT2D eigenvalue weighted by atomic mass is 10.1. The van der Waals surface area contributed by atoms with Gasteiger partial charge in [0.15, 0.2) is 0 Å². The fraction of sp³-hybridized carbons (Fsp3) is 0.200. The van der Waals surface area contributed by atoms with Crippen molar-refractivity contribution in [1.29, 1.82) is 0 Å². The van der Waals surface area contributed by atoms with Gasteiger partial charge in [0, 0.05) is 17.6 Å². The van der Waals surface area contributed by atoms with Crippen LogP contribution in [0.1, 0.15) is 23.1 Å². The van der Waals surface area contributed by atoms with Crippen LogP contribution in [0.5, 0.6) is 0 Å². The molecule has 35 heavy (non-hydrogen) atoms. The number of amides is 2. The molecule has 7 nitrogen and oxygen atoms in total. The highest BCUT2D eigenvalue weighted by molar-refractivity contribution is 7.93. The van der Waals surface area contributed by atoms with Gasteiger partial charge in [-0.05, 0) is 54.8 Å². The summed E-state index contributed by atoms with van der Waals surface area (Å²) in [6, 6.07) is 14.1. The number of carbonyl (C=O) groups excluding carboxylic acids is 2. The molecule has 0 bridgehead atoms. The van der Waals surface area contributed by atoms with E-state index in [0.29, 0.717) is 16.1 Å². The van der Waals surface area contributed by atoms with Crippen LogP contribution >= 0.6 is 11.6 Å². The van der Waals surface area contributed by atoms with E-state index in [0.717, 1.165) is 22.0 Å². The van der Waals surface area contributed by atoms with Crippen molar-refractivity contribution in [2.45, 2.75) is 37.8 Å². The van der Waals surface area contributed by atoms with E-state index < -0.39 is 40.1 Å². The largest absolute Gasteiger partial charge is 0.352 e. The molecule has 2 N–H and O–H groups in total.